The Balaban J connectivity index is 1.68. The molecule has 0 saturated carbocycles. The minimum Gasteiger partial charge on any atom is -0.457 e. The molecule has 126 valence electrons. The fourth-order valence-corrected chi connectivity index (χ4v) is 3.01. The topological polar surface area (TPSA) is 38.3 Å². The minimum absolute atomic E-state index is 0.00312. The largest absolute Gasteiger partial charge is 0.457 e. The van der Waals surface area contributed by atoms with Crippen LogP contribution in [0, 0.1) is 0 Å². The van der Waals surface area contributed by atoms with Gasteiger partial charge in [-0.05, 0) is 29.9 Å². The molecule has 13 heteroatoms. The van der Waals surface area contributed by atoms with Gasteiger partial charge in [-0.2, -0.15) is 0 Å². The molecule has 10 radical (unpaired) electrons. The smallest absolute Gasteiger partial charge is 0.411 e. The Hall–Kier alpha value is -1.64. The van der Waals surface area contributed by atoms with Crippen molar-refractivity contribution < 1.29 is 9.53 Å². The van der Waals surface area contributed by atoms with Gasteiger partial charge in [0.25, 0.3) is 0 Å². The van der Waals surface area contributed by atoms with E-state index in [2.05, 4.69) is 24.6 Å². The summed E-state index contributed by atoms with van der Waals surface area (Å²) in [6.07, 6.45) is 0.294. The number of benzene rings is 2. The second-order valence-electron chi connectivity index (χ2n) is 6.64. The lowest BCUT2D eigenvalue weighted by atomic mass is 8.87. The molecule has 2 aromatic carbocycles. The third-order valence-corrected chi connectivity index (χ3v) is 4.44. The van der Waals surface area contributed by atoms with Crippen LogP contribution in [0.15, 0.2) is 60.7 Å². The standard InChI is InChI=1S/C16H15B10NO2/c28-16(27-13-9-5-2-6-10-13)29-15-14(11-12-7-3-1-4-8-12)17-19-21-23-25-26-24-22-20-18-15/h1-10,14-15H,11H2,(H,27,28)/t14-,15+/m1/s1. The third-order valence-electron chi connectivity index (χ3n) is 4.44. The van der Waals surface area contributed by atoms with E-state index in [0.29, 0.717) is 5.69 Å². The van der Waals surface area contributed by atoms with Gasteiger partial charge in [-0.25, -0.2) is 4.79 Å². The highest BCUT2D eigenvalue weighted by Crippen LogP contribution is 2.20. The molecule has 3 nitrogen and oxygen atoms in total. The van der Waals surface area contributed by atoms with Crippen LogP contribution in [-0.2, 0) is 11.2 Å². The van der Waals surface area contributed by atoms with Crippen molar-refractivity contribution in [3.8, 4) is 0 Å². The summed E-state index contributed by atoms with van der Waals surface area (Å²) in [6, 6.07) is 19.1. The molecule has 29 heavy (non-hydrogen) atoms. The molecule has 2 atom stereocenters. The van der Waals surface area contributed by atoms with Crippen LogP contribution < -0.4 is 5.32 Å². The first-order chi connectivity index (χ1) is 14.3. The van der Waals surface area contributed by atoms with Crippen molar-refractivity contribution in [1.29, 1.82) is 0 Å². The molecule has 0 aliphatic carbocycles. The maximum atomic E-state index is 12.5. The van der Waals surface area contributed by atoms with Gasteiger partial charge in [0.2, 0.25) is 0 Å². The van der Waals surface area contributed by atoms with Crippen LogP contribution in [0.1, 0.15) is 5.56 Å². The maximum Gasteiger partial charge on any atom is 0.411 e. The average Bonchev–Trinajstić information content (AvgIpc) is 2.73. The van der Waals surface area contributed by atoms with E-state index in [1.54, 1.807) is 0 Å². The van der Waals surface area contributed by atoms with Crippen molar-refractivity contribution in [3.05, 3.63) is 66.2 Å². The van der Waals surface area contributed by atoms with E-state index in [-0.39, 0.29) is 5.82 Å². The molecule has 0 bridgehead atoms. The molecular formula is C16H15B10NO2. The quantitative estimate of drug-likeness (QED) is 0.772. The molecule has 3 rings (SSSR count). The summed E-state index contributed by atoms with van der Waals surface area (Å²) in [5, 5.41) is 2.80. The summed E-state index contributed by atoms with van der Waals surface area (Å²) in [5.41, 5.74) is 1.90. The van der Waals surface area contributed by atoms with Gasteiger partial charge < -0.3 is 4.74 Å². The molecule has 0 spiro atoms. The summed E-state index contributed by atoms with van der Waals surface area (Å²) in [6.45, 7) is 0. The lowest BCUT2D eigenvalue weighted by Crippen LogP contribution is -2.43. The highest BCUT2D eigenvalue weighted by Gasteiger charge is 2.26. The summed E-state index contributed by atoms with van der Waals surface area (Å²) >= 11 is 0. The van der Waals surface area contributed by atoms with Crippen molar-refractivity contribution in [2.75, 3.05) is 5.32 Å². The van der Waals surface area contributed by atoms with Gasteiger partial charge in [0, 0.05) is 62.2 Å². The van der Waals surface area contributed by atoms with Crippen molar-refractivity contribution in [2.45, 2.75) is 18.2 Å². The number of para-hydroxylation sites is 1. The number of carbonyl (C=O) groups is 1. The van der Waals surface area contributed by atoms with Gasteiger partial charge in [-0.15, -0.1) is 0 Å². The zero-order chi connectivity index (χ0) is 20.2. The van der Waals surface area contributed by atoms with Crippen LogP contribution in [0.25, 0.3) is 0 Å². The van der Waals surface area contributed by atoms with Gasteiger partial charge in [0.1, 0.15) is 7.17 Å². The van der Waals surface area contributed by atoms with Crippen LogP contribution in [0.4, 0.5) is 10.5 Å². The third kappa shape index (κ3) is 8.32. The number of amides is 1. The Bertz CT molecular complexity index is 726. The Morgan fingerprint density at radius 2 is 1.31 bits per heavy atom. The van der Waals surface area contributed by atoms with Crippen LogP contribution in [0.5, 0.6) is 0 Å². The molecule has 1 aliphatic heterocycles. The Labute approximate surface area is 181 Å². The maximum absolute atomic E-state index is 12.5. The second kappa shape index (κ2) is 12.8. The number of carbonyl (C=O) groups excluding carboxylic acids is 1. The molecule has 1 N–H and O–H groups in total. The monoisotopic (exact) mass is 363 g/mol. The predicted molar refractivity (Wildman–Crippen MR) is 132 cm³/mol. The highest BCUT2D eigenvalue weighted by molar-refractivity contribution is 7.69. The average molecular weight is 361 g/mol. The summed E-state index contributed by atoms with van der Waals surface area (Å²) < 4.78 is 5.82. The molecule has 1 aliphatic rings. The summed E-state index contributed by atoms with van der Waals surface area (Å²) in [7, 11) is 19.7. The van der Waals surface area contributed by atoms with Gasteiger partial charge in [-0.3, -0.25) is 5.32 Å². The van der Waals surface area contributed by atoms with E-state index in [1.807, 2.05) is 112 Å². The van der Waals surface area contributed by atoms with Crippen LogP contribution in [-0.4, -0.2) is 82.9 Å². The number of hydrogen-bond donors (Lipinski definition) is 1. The van der Waals surface area contributed by atoms with Crippen molar-refractivity contribution in [2.24, 2.45) is 0 Å². The second-order valence-corrected chi connectivity index (χ2v) is 6.64. The molecule has 0 unspecified atom stereocenters. The van der Waals surface area contributed by atoms with Gasteiger partial charge in [0.15, 0.2) is 0 Å². The fourth-order valence-electron chi connectivity index (χ4n) is 3.01. The zero-order valence-electron chi connectivity index (χ0n) is 16.2. The number of nitrogens with one attached hydrogen (secondary N) is 1. The molecule has 1 saturated heterocycles. The summed E-state index contributed by atoms with van der Waals surface area (Å²) in [5.74, 6) is -0.00312. The lowest BCUT2D eigenvalue weighted by Gasteiger charge is -2.28. The van der Waals surface area contributed by atoms with E-state index in [4.69, 9.17) is 4.74 Å². The molecule has 1 amide bonds. The normalized spacial score (nSPS) is 18.6. The lowest BCUT2D eigenvalue weighted by molar-refractivity contribution is 0.143. The van der Waals surface area contributed by atoms with Crippen LogP contribution in [0.2, 0.25) is 5.82 Å². The van der Waals surface area contributed by atoms with Crippen LogP contribution in [0.3, 0.4) is 0 Å². The SMILES string of the molecule is O=C(Nc1ccccc1)O[C@@H]1[B][B][B][B][B][B][B][B][B][B][C@@H]1Cc1ccccc1. The number of anilines is 1. The molecular weight excluding hydrogens is 346 g/mol. The Morgan fingerprint density at radius 1 is 0.759 bits per heavy atom. The van der Waals surface area contributed by atoms with Gasteiger partial charge in [-0.1, -0.05) is 48.5 Å². The molecule has 2 aromatic rings. The molecule has 1 fully saturated rings. The molecule has 1 heterocycles. The number of hydrogen-bond acceptors (Lipinski definition) is 2. The number of rotatable bonds is 4. The first-order valence-electron chi connectivity index (χ1n) is 9.73. The minimum atomic E-state index is -0.469. The van der Waals surface area contributed by atoms with E-state index >= 15 is 0 Å². The highest BCUT2D eigenvalue weighted by atomic mass is 16.6. The van der Waals surface area contributed by atoms with E-state index in [1.165, 1.54) is 5.56 Å². The van der Waals surface area contributed by atoms with Gasteiger partial charge >= 0.3 is 6.09 Å². The summed E-state index contributed by atoms with van der Waals surface area (Å²) in [4.78, 5) is 12.5. The van der Waals surface area contributed by atoms with Crippen molar-refractivity contribution in [1.82, 2.24) is 0 Å². The van der Waals surface area contributed by atoms with E-state index in [0.717, 1.165) is 6.42 Å². The fraction of sp³-hybridized carbons (Fsp3) is 0.188. The first kappa shape index (κ1) is 22.1. The first-order valence-corrected chi connectivity index (χ1v) is 9.73. The van der Waals surface area contributed by atoms with Crippen molar-refractivity contribution >= 4 is 82.6 Å². The Morgan fingerprint density at radius 3 is 1.97 bits per heavy atom. The number of ether oxygens (including phenoxy) is 1. The van der Waals surface area contributed by atoms with E-state index in [9.17, 15) is 4.79 Å². The van der Waals surface area contributed by atoms with Gasteiger partial charge in [0.05, 0.1) is 13.2 Å². The Kier molecular flexibility index (Phi) is 9.75. The molecule has 0 aromatic heterocycles. The zero-order valence-corrected chi connectivity index (χ0v) is 16.2. The van der Waals surface area contributed by atoms with Crippen LogP contribution >= 0.6 is 0 Å². The van der Waals surface area contributed by atoms with E-state index < -0.39 is 12.1 Å². The van der Waals surface area contributed by atoms with Crippen molar-refractivity contribution in [3.63, 3.8) is 0 Å². The predicted octanol–water partition coefficient (Wildman–Crippen LogP) is -0.117.